The number of anilines is 1. The van der Waals surface area contributed by atoms with Gasteiger partial charge in [-0.2, -0.15) is 0 Å². The summed E-state index contributed by atoms with van der Waals surface area (Å²) in [6.45, 7) is 0. The van der Waals surface area contributed by atoms with Crippen molar-refractivity contribution in [1.29, 1.82) is 0 Å². The molecule has 1 aliphatic carbocycles. The first-order chi connectivity index (χ1) is 13.6. The van der Waals surface area contributed by atoms with E-state index in [1.807, 2.05) is 30.3 Å². The van der Waals surface area contributed by atoms with Crippen molar-refractivity contribution in [3.05, 3.63) is 107 Å². The molecule has 0 heterocycles. The number of nitrogens with one attached hydrogen (secondary N) is 1. The summed E-state index contributed by atoms with van der Waals surface area (Å²) in [4.78, 5) is 24.2. The topological polar surface area (TPSA) is 66.4 Å². The molecule has 0 aliphatic heterocycles. The normalized spacial score (nSPS) is 12.6. The highest BCUT2D eigenvalue weighted by atomic mass is 16.4. The average Bonchev–Trinajstić information content (AvgIpc) is 2.73. The molecular weight excluding hydrogens is 350 g/mol. The number of para-hydroxylation sites is 1. The Morgan fingerprint density at radius 2 is 1.64 bits per heavy atom. The number of carboxylic acids is 1. The van der Waals surface area contributed by atoms with E-state index in [9.17, 15) is 14.7 Å². The van der Waals surface area contributed by atoms with Gasteiger partial charge in [0.05, 0.1) is 11.3 Å². The van der Waals surface area contributed by atoms with Crippen molar-refractivity contribution in [3.8, 4) is 0 Å². The minimum absolute atomic E-state index is 0.0682. The van der Waals surface area contributed by atoms with Crippen molar-refractivity contribution >= 4 is 23.1 Å². The van der Waals surface area contributed by atoms with Crippen molar-refractivity contribution in [2.75, 3.05) is 5.32 Å². The van der Waals surface area contributed by atoms with Gasteiger partial charge in [0, 0.05) is 5.56 Å². The standard InChI is InChI=1S/C24H19NO3/c26-23(25-22-12-5-4-10-20(22)24(27)28)18-14-13-17-9-6-11-19(21(17)15-18)16-7-2-1-3-8-16/h1-5,7-8,10-15H,6,9H2,(H,25,26)(H,27,28). The molecule has 2 N–H and O–H groups in total. The van der Waals surface area contributed by atoms with E-state index < -0.39 is 5.97 Å². The monoisotopic (exact) mass is 369 g/mol. The van der Waals surface area contributed by atoms with Crippen LogP contribution in [0.4, 0.5) is 5.69 Å². The summed E-state index contributed by atoms with van der Waals surface area (Å²) >= 11 is 0. The summed E-state index contributed by atoms with van der Waals surface area (Å²) in [5, 5.41) is 12.0. The van der Waals surface area contributed by atoms with Crippen LogP contribution in [0.2, 0.25) is 0 Å². The van der Waals surface area contributed by atoms with Gasteiger partial charge in [-0.15, -0.1) is 0 Å². The number of rotatable bonds is 4. The number of hydrogen-bond donors (Lipinski definition) is 2. The second kappa shape index (κ2) is 7.53. The first-order valence-electron chi connectivity index (χ1n) is 9.16. The molecule has 0 bridgehead atoms. The number of benzene rings is 3. The Bertz CT molecular complexity index is 1080. The van der Waals surface area contributed by atoms with Gasteiger partial charge in [-0.1, -0.05) is 54.6 Å². The van der Waals surface area contributed by atoms with E-state index in [1.54, 1.807) is 24.3 Å². The van der Waals surface area contributed by atoms with Crippen molar-refractivity contribution < 1.29 is 14.7 Å². The Morgan fingerprint density at radius 1 is 0.893 bits per heavy atom. The molecule has 0 aromatic heterocycles. The fourth-order valence-corrected chi connectivity index (χ4v) is 3.53. The molecule has 0 unspecified atom stereocenters. The number of carbonyl (C=O) groups is 2. The lowest BCUT2D eigenvalue weighted by atomic mass is 9.86. The summed E-state index contributed by atoms with van der Waals surface area (Å²) in [7, 11) is 0. The van der Waals surface area contributed by atoms with E-state index in [1.165, 1.54) is 11.6 Å². The van der Waals surface area contributed by atoms with Gasteiger partial charge in [-0.05, 0) is 59.4 Å². The van der Waals surface area contributed by atoms with Crippen LogP contribution in [0.5, 0.6) is 0 Å². The number of fused-ring (bicyclic) bond motifs is 1. The number of aryl methyl sites for hydroxylation is 1. The molecule has 3 aromatic carbocycles. The first kappa shape index (κ1) is 17.7. The molecule has 0 fully saturated rings. The zero-order valence-corrected chi connectivity index (χ0v) is 15.2. The maximum atomic E-state index is 12.8. The summed E-state index contributed by atoms with van der Waals surface area (Å²) in [6, 6.07) is 22.2. The van der Waals surface area contributed by atoms with E-state index in [4.69, 9.17) is 0 Å². The molecule has 0 saturated heterocycles. The van der Waals surface area contributed by atoms with Gasteiger partial charge >= 0.3 is 5.97 Å². The van der Waals surface area contributed by atoms with Crippen LogP contribution in [0.25, 0.3) is 5.57 Å². The summed E-state index contributed by atoms with van der Waals surface area (Å²) < 4.78 is 0. The Morgan fingerprint density at radius 3 is 2.43 bits per heavy atom. The summed E-state index contributed by atoms with van der Waals surface area (Å²) in [5.74, 6) is -1.40. The smallest absolute Gasteiger partial charge is 0.337 e. The van der Waals surface area contributed by atoms with Gasteiger partial charge in [0.2, 0.25) is 0 Å². The van der Waals surface area contributed by atoms with Crippen LogP contribution in [0.1, 0.15) is 43.8 Å². The highest BCUT2D eigenvalue weighted by Crippen LogP contribution is 2.32. The van der Waals surface area contributed by atoms with Crippen LogP contribution in [-0.4, -0.2) is 17.0 Å². The van der Waals surface area contributed by atoms with Crippen molar-refractivity contribution in [2.24, 2.45) is 0 Å². The Hall–Kier alpha value is -3.66. The Labute approximate surface area is 163 Å². The van der Waals surface area contributed by atoms with Crippen molar-refractivity contribution in [3.63, 3.8) is 0 Å². The predicted octanol–water partition coefficient (Wildman–Crippen LogP) is 5.02. The SMILES string of the molecule is O=C(Nc1ccccc1C(=O)O)c1ccc2c(c1)C(c1ccccc1)=CCC2. The molecule has 0 spiro atoms. The van der Waals surface area contributed by atoms with Gasteiger partial charge in [-0.25, -0.2) is 4.79 Å². The maximum absolute atomic E-state index is 12.8. The quantitative estimate of drug-likeness (QED) is 0.679. The summed E-state index contributed by atoms with van der Waals surface area (Å²) in [6.07, 6.45) is 4.11. The zero-order valence-electron chi connectivity index (χ0n) is 15.2. The van der Waals surface area contributed by atoms with Gasteiger partial charge in [0.1, 0.15) is 0 Å². The average molecular weight is 369 g/mol. The van der Waals surface area contributed by atoms with Gasteiger partial charge in [0.25, 0.3) is 5.91 Å². The molecule has 3 aromatic rings. The zero-order chi connectivity index (χ0) is 19.5. The third kappa shape index (κ3) is 3.45. The molecule has 28 heavy (non-hydrogen) atoms. The molecule has 0 atom stereocenters. The molecule has 138 valence electrons. The van der Waals surface area contributed by atoms with Crippen molar-refractivity contribution in [2.45, 2.75) is 12.8 Å². The molecule has 4 heteroatoms. The number of hydrogen-bond acceptors (Lipinski definition) is 2. The van der Waals surface area contributed by atoms with Crippen LogP contribution in [-0.2, 0) is 6.42 Å². The highest BCUT2D eigenvalue weighted by molar-refractivity contribution is 6.08. The molecule has 1 aliphatic rings. The van der Waals surface area contributed by atoms with E-state index in [-0.39, 0.29) is 17.2 Å². The fourth-order valence-electron chi connectivity index (χ4n) is 3.53. The van der Waals surface area contributed by atoms with E-state index in [0.717, 1.165) is 29.5 Å². The second-order valence-corrected chi connectivity index (χ2v) is 6.70. The van der Waals surface area contributed by atoms with Crippen LogP contribution >= 0.6 is 0 Å². The molecule has 1 amide bonds. The van der Waals surface area contributed by atoms with Gasteiger partial charge in [-0.3, -0.25) is 4.79 Å². The Kier molecular flexibility index (Phi) is 4.77. The van der Waals surface area contributed by atoms with Crippen LogP contribution < -0.4 is 5.32 Å². The third-order valence-electron chi connectivity index (χ3n) is 4.91. The molecular formula is C24H19NO3. The lowest BCUT2D eigenvalue weighted by Crippen LogP contribution is -2.15. The van der Waals surface area contributed by atoms with Crippen LogP contribution in [0.15, 0.2) is 78.9 Å². The predicted molar refractivity (Wildman–Crippen MR) is 110 cm³/mol. The number of amides is 1. The van der Waals surface area contributed by atoms with Crippen molar-refractivity contribution in [1.82, 2.24) is 0 Å². The fraction of sp³-hybridized carbons (Fsp3) is 0.0833. The number of carbonyl (C=O) groups excluding carboxylic acids is 1. The highest BCUT2D eigenvalue weighted by Gasteiger charge is 2.18. The molecule has 0 saturated carbocycles. The van der Waals surface area contributed by atoms with Crippen LogP contribution in [0, 0.1) is 0 Å². The number of allylic oxidation sites excluding steroid dienone is 1. The Balaban J connectivity index is 1.67. The molecule has 4 nitrogen and oxygen atoms in total. The maximum Gasteiger partial charge on any atom is 0.337 e. The largest absolute Gasteiger partial charge is 0.478 e. The van der Waals surface area contributed by atoms with Gasteiger partial charge in [0.15, 0.2) is 0 Å². The second-order valence-electron chi connectivity index (χ2n) is 6.70. The lowest BCUT2D eigenvalue weighted by Gasteiger charge is -2.19. The number of carboxylic acid groups (broad SMARTS) is 1. The third-order valence-corrected chi connectivity index (χ3v) is 4.91. The van der Waals surface area contributed by atoms with E-state index in [2.05, 4.69) is 23.5 Å². The first-order valence-corrected chi connectivity index (χ1v) is 9.16. The molecule has 4 rings (SSSR count). The van der Waals surface area contributed by atoms with E-state index >= 15 is 0 Å². The lowest BCUT2D eigenvalue weighted by molar-refractivity contribution is 0.0698. The summed E-state index contributed by atoms with van der Waals surface area (Å²) in [5.41, 5.74) is 5.37. The van der Waals surface area contributed by atoms with E-state index in [0.29, 0.717) is 5.56 Å². The van der Waals surface area contributed by atoms with Crippen LogP contribution in [0.3, 0.4) is 0 Å². The molecule has 0 radical (unpaired) electrons. The van der Waals surface area contributed by atoms with Gasteiger partial charge < -0.3 is 10.4 Å². The minimum Gasteiger partial charge on any atom is -0.478 e. The number of aromatic carboxylic acids is 1. The minimum atomic E-state index is -1.07.